The Bertz CT molecular complexity index is 1020. The van der Waals surface area contributed by atoms with Crippen LogP contribution in [0.25, 0.3) is 32.4 Å². The van der Waals surface area contributed by atoms with Crippen molar-refractivity contribution in [2.24, 2.45) is 0 Å². The van der Waals surface area contributed by atoms with E-state index in [1.54, 1.807) is 35.7 Å². The fourth-order valence-corrected chi connectivity index (χ4v) is 3.47. The van der Waals surface area contributed by atoms with E-state index in [9.17, 15) is 9.90 Å². The second-order valence-electron chi connectivity index (χ2n) is 4.88. The van der Waals surface area contributed by atoms with Crippen LogP contribution in [0.3, 0.4) is 0 Å². The number of para-hydroxylation sites is 1. The predicted molar refractivity (Wildman–Crippen MR) is 87.3 cm³/mol. The largest absolute Gasteiger partial charge is 0.478 e. The van der Waals surface area contributed by atoms with Crippen molar-refractivity contribution in [1.82, 2.24) is 9.97 Å². The summed E-state index contributed by atoms with van der Waals surface area (Å²) >= 11 is 1.66. The molecular weight excluding hydrogens is 296 g/mol. The van der Waals surface area contributed by atoms with Gasteiger partial charge in [-0.15, -0.1) is 11.3 Å². The van der Waals surface area contributed by atoms with Crippen LogP contribution < -0.4 is 0 Å². The molecule has 0 fully saturated rings. The summed E-state index contributed by atoms with van der Waals surface area (Å²) in [4.78, 5) is 20.2. The number of benzene rings is 2. The minimum Gasteiger partial charge on any atom is -0.478 e. The average molecular weight is 306 g/mol. The summed E-state index contributed by atoms with van der Waals surface area (Å²) in [6, 6.07) is 13.1. The van der Waals surface area contributed by atoms with Gasteiger partial charge in [0.2, 0.25) is 0 Å². The second kappa shape index (κ2) is 4.89. The first-order valence-electron chi connectivity index (χ1n) is 6.70. The first kappa shape index (κ1) is 12.9. The monoisotopic (exact) mass is 306 g/mol. The number of thiophene rings is 1. The van der Waals surface area contributed by atoms with Gasteiger partial charge >= 0.3 is 5.97 Å². The van der Waals surface area contributed by atoms with Crippen LogP contribution in [0, 0.1) is 0 Å². The molecule has 1 N–H and O–H groups in total. The van der Waals surface area contributed by atoms with Crippen molar-refractivity contribution in [1.29, 1.82) is 0 Å². The van der Waals surface area contributed by atoms with Gasteiger partial charge in [0.05, 0.1) is 23.0 Å². The third kappa shape index (κ3) is 1.95. The smallest absolute Gasteiger partial charge is 0.337 e. The Hall–Kier alpha value is -2.79. The van der Waals surface area contributed by atoms with Gasteiger partial charge in [0.15, 0.2) is 0 Å². The van der Waals surface area contributed by atoms with Gasteiger partial charge in [0.1, 0.15) is 5.52 Å². The standard InChI is InChI=1S/C17H10N2O2S/c20-17(21)11-5-3-6-13-16(11)18-8-14(19-13)12-9-22-15-7-2-1-4-10(12)15/h1-9H,(H,20,21). The molecule has 0 aliphatic heterocycles. The summed E-state index contributed by atoms with van der Waals surface area (Å²) in [7, 11) is 0. The number of rotatable bonds is 2. The minimum atomic E-state index is -0.992. The molecule has 4 aromatic rings. The lowest BCUT2D eigenvalue weighted by molar-refractivity contribution is 0.0699. The molecule has 0 radical (unpaired) electrons. The van der Waals surface area contributed by atoms with E-state index in [0.29, 0.717) is 11.0 Å². The lowest BCUT2D eigenvalue weighted by Crippen LogP contribution is -2.00. The van der Waals surface area contributed by atoms with Gasteiger partial charge in [0.25, 0.3) is 0 Å². The molecule has 4 rings (SSSR count). The molecule has 0 saturated carbocycles. The molecule has 0 spiro atoms. The van der Waals surface area contributed by atoms with E-state index < -0.39 is 5.97 Å². The normalized spacial score (nSPS) is 11.1. The average Bonchev–Trinajstić information content (AvgIpc) is 2.97. The summed E-state index contributed by atoms with van der Waals surface area (Å²) in [5.41, 5.74) is 2.96. The number of aromatic nitrogens is 2. The number of aromatic carboxylic acids is 1. The molecule has 0 atom stereocenters. The highest BCUT2D eigenvalue weighted by Gasteiger charge is 2.13. The third-order valence-corrected chi connectivity index (χ3v) is 4.52. The maximum absolute atomic E-state index is 11.2. The summed E-state index contributed by atoms with van der Waals surface area (Å²) in [6.45, 7) is 0. The van der Waals surface area contributed by atoms with Gasteiger partial charge < -0.3 is 5.11 Å². The topological polar surface area (TPSA) is 63.1 Å². The number of hydrogen-bond donors (Lipinski definition) is 1. The molecule has 0 saturated heterocycles. The third-order valence-electron chi connectivity index (χ3n) is 3.56. The molecule has 0 unspecified atom stereocenters. The van der Waals surface area contributed by atoms with Crippen molar-refractivity contribution in [2.75, 3.05) is 0 Å². The number of carbonyl (C=O) groups is 1. The van der Waals surface area contributed by atoms with Crippen LogP contribution in [0.5, 0.6) is 0 Å². The summed E-state index contributed by atoms with van der Waals surface area (Å²) in [5, 5.41) is 12.4. The molecule has 0 aliphatic carbocycles. The van der Waals surface area contributed by atoms with Gasteiger partial charge in [-0.1, -0.05) is 24.3 Å². The quantitative estimate of drug-likeness (QED) is 0.602. The molecule has 0 bridgehead atoms. The molecule has 0 amide bonds. The van der Waals surface area contributed by atoms with E-state index >= 15 is 0 Å². The first-order chi connectivity index (χ1) is 10.7. The predicted octanol–water partition coefficient (Wildman–Crippen LogP) is 4.21. The van der Waals surface area contributed by atoms with Crippen molar-refractivity contribution in [3.8, 4) is 11.3 Å². The Morgan fingerprint density at radius 3 is 2.82 bits per heavy atom. The van der Waals surface area contributed by atoms with Crippen LogP contribution >= 0.6 is 11.3 Å². The zero-order chi connectivity index (χ0) is 15.1. The van der Waals surface area contributed by atoms with Crippen LogP contribution in [0.2, 0.25) is 0 Å². The Balaban J connectivity index is 1.95. The van der Waals surface area contributed by atoms with Gasteiger partial charge in [-0.2, -0.15) is 0 Å². The van der Waals surface area contributed by atoms with Gasteiger partial charge in [-0.3, -0.25) is 4.98 Å². The zero-order valence-electron chi connectivity index (χ0n) is 11.4. The molecule has 22 heavy (non-hydrogen) atoms. The zero-order valence-corrected chi connectivity index (χ0v) is 12.2. The van der Waals surface area contributed by atoms with E-state index in [2.05, 4.69) is 27.5 Å². The van der Waals surface area contributed by atoms with E-state index in [-0.39, 0.29) is 5.56 Å². The van der Waals surface area contributed by atoms with E-state index in [4.69, 9.17) is 0 Å². The fraction of sp³-hybridized carbons (Fsp3) is 0. The molecule has 2 heterocycles. The van der Waals surface area contributed by atoms with Gasteiger partial charge in [-0.25, -0.2) is 9.78 Å². The van der Waals surface area contributed by atoms with Gasteiger partial charge in [0, 0.05) is 21.0 Å². The van der Waals surface area contributed by atoms with E-state index in [1.165, 1.54) is 4.70 Å². The van der Waals surface area contributed by atoms with Crippen LogP contribution in [-0.2, 0) is 0 Å². The van der Waals surface area contributed by atoms with Crippen molar-refractivity contribution < 1.29 is 9.90 Å². The number of nitrogens with zero attached hydrogens (tertiary/aromatic N) is 2. The SMILES string of the molecule is O=C(O)c1cccc2nc(-c3csc4ccccc34)cnc12. The second-order valence-corrected chi connectivity index (χ2v) is 5.79. The Morgan fingerprint density at radius 2 is 1.95 bits per heavy atom. The van der Waals surface area contributed by atoms with Crippen LogP contribution in [0.15, 0.2) is 54.0 Å². The molecule has 4 nitrogen and oxygen atoms in total. The van der Waals surface area contributed by atoms with Crippen LogP contribution in [-0.4, -0.2) is 21.0 Å². The molecule has 2 aromatic heterocycles. The summed E-state index contributed by atoms with van der Waals surface area (Å²) in [6.07, 6.45) is 1.64. The Kier molecular flexibility index (Phi) is 2.87. The van der Waals surface area contributed by atoms with Crippen molar-refractivity contribution in [3.05, 3.63) is 59.6 Å². The summed E-state index contributed by atoms with van der Waals surface area (Å²) < 4.78 is 1.19. The van der Waals surface area contributed by atoms with E-state index in [1.807, 2.05) is 12.1 Å². The Morgan fingerprint density at radius 1 is 1.09 bits per heavy atom. The van der Waals surface area contributed by atoms with Crippen LogP contribution in [0.1, 0.15) is 10.4 Å². The van der Waals surface area contributed by atoms with Crippen molar-refractivity contribution >= 4 is 38.4 Å². The summed E-state index contributed by atoms with van der Waals surface area (Å²) in [5.74, 6) is -0.992. The highest BCUT2D eigenvalue weighted by molar-refractivity contribution is 7.17. The maximum Gasteiger partial charge on any atom is 0.337 e. The maximum atomic E-state index is 11.2. The molecule has 106 valence electrons. The Labute approximate surface area is 129 Å². The number of hydrogen-bond acceptors (Lipinski definition) is 4. The number of carboxylic acid groups (broad SMARTS) is 1. The molecule has 5 heteroatoms. The highest BCUT2D eigenvalue weighted by atomic mass is 32.1. The van der Waals surface area contributed by atoms with Crippen LogP contribution in [0.4, 0.5) is 0 Å². The molecule has 0 aliphatic rings. The molecule has 2 aromatic carbocycles. The van der Waals surface area contributed by atoms with Crippen molar-refractivity contribution in [3.63, 3.8) is 0 Å². The first-order valence-corrected chi connectivity index (χ1v) is 7.57. The highest BCUT2D eigenvalue weighted by Crippen LogP contribution is 2.33. The van der Waals surface area contributed by atoms with Gasteiger partial charge in [-0.05, 0) is 18.2 Å². The number of carboxylic acids is 1. The van der Waals surface area contributed by atoms with E-state index in [0.717, 1.165) is 16.6 Å². The number of fused-ring (bicyclic) bond motifs is 2. The fourth-order valence-electron chi connectivity index (χ4n) is 2.52. The van der Waals surface area contributed by atoms with Crippen molar-refractivity contribution in [2.45, 2.75) is 0 Å². The lowest BCUT2D eigenvalue weighted by Gasteiger charge is -2.04. The lowest BCUT2D eigenvalue weighted by atomic mass is 10.1. The molecular formula is C17H10N2O2S. The minimum absolute atomic E-state index is 0.173.